The molecule has 16 heavy (non-hydrogen) atoms. The van der Waals surface area contributed by atoms with Gasteiger partial charge in [-0.25, -0.2) is 13.1 Å². The fraction of sp³-hybridized carbons (Fsp3) is 0.889. The Bertz CT molecular complexity index is 301. The maximum absolute atomic E-state index is 11.4. The molecule has 0 amide bonds. The third kappa shape index (κ3) is 7.61. The second-order valence-corrected chi connectivity index (χ2v) is 5.32. The van der Waals surface area contributed by atoms with Crippen LogP contribution in [0.1, 0.15) is 19.8 Å². The molecule has 1 N–H and O–H groups in total. The zero-order valence-corrected chi connectivity index (χ0v) is 10.7. The molecule has 0 aromatic heterocycles. The van der Waals surface area contributed by atoms with Crippen LogP contribution in [0.15, 0.2) is 0 Å². The van der Waals surface area contributed by atoms with Crippen molar-refractivity contribution in [1.29, 1.82) is 0 Å². The Morgan fingerprint density at radius 2 is 2.00 bits per heavy atom. The van der Waals surface area contributed by atoms with Crippen LogP contribution < -0.4 is 4.72 Å². The summed E-state index contributed by atoms with van der Waals surface area (Å²) in [4.78, 5) is 10.8. The molecular formula is C9H19NO5S. The summed E-state index contributed by atoms with van der Waals surface area (Å²) in [5.74, 6) is -0.487. The molecule has 0 rings (SSSR count). The number of carbonyl (C=O) groups excluding carboxylic acids is 1. The van der Waals surface area contributed by atoms with Gasteiger partial charge < -0.3 is 9.47 Å². The van der Waals surface area contributed by atoms with E-state index in [9.17, 15) is 13.2 Å². The molecule has 0 aliphatic carbocycles. The average molecular weight is 253 g/mol. The van der Waals surface area contributed by atoms with Crippen LogP contribution in [0.3, 0.4) is 0 Å². The van der Waals surface area contributed by atoms with Gasteiger partial charge in [-0.3, -0.25) is 4.79 Å². The lowest BCUT2D eigenvalue weighted by Gasteiger charge is -2.10. The number of ether oxygens (including phenoxy) is 2. The molecule has 0 saturated carbocycles. The van der Waals surface area contributed by atoms with Gasteiger partial charge in [-0.2, -0.15) is 0 Å². The van der Waals surface area contributed by atoms with E-state index in [1.807, 2.05) is 0 Å². The van der Waals surface area contributed by atoms with E-state index in [0.29, 0.717) is 0 Å². The van der Waals surface area contributed by atoms with Gasteiger partial charge in [0, 0.05) is 20.1 Å². The fourth-order valence-electron chi connectivity index (χ4n) is 0.908. The highest BCUT2D eigenvalue weighted by molar-refractivity contribution is 7.89. The Hall–Kier alpha value is -0.660. The third-order valence-electron chi connectivity index (χ3n) is 2.01. The summed E-state index contributed by atoms with van der Waals surface area (Å²) in [6.45, 7) is 1.99. The third-order valence-corrected chi connectivity index (χ3v) is 3.45. The predicted octanol–water partition coefficient (Wildman–Crippen LogP) is -0.106. The maximum Gasteiger partial charge on any atom is 0.305 e. The van der Waals surface area contributed by atoms with E-state index in [0.717, 1.165) is 0 Å². The van der Waals surface area contributed by atoms with Crippen molar-refractivity contribution in [2.75, 3.05) is 26.5 Å². The summed E-state index contributed by atoms with van der Waals surface area (Å²) < 4.78 is 34.5. The normalized spacial score (nSPS) is 13.4. The van der Waals surface area contributed by atoms with Crippen molar-refractivity contribution >= 4 is 16.0 Å². The molecule has 0 saturated heterocycles. The summed E-state index contributed by atoms with van der Waals surface area (Å²) in [6, 6.07) is 0. The van der Waals surface area contributed by atoms with Crippen molar-refractivity contribution < 1.29 is 22.7 Å². The van der Waals surface area contributed by atoms with Crippen LogP contribution in [0.5, 0.6) is 0 Å². The van der Waals surface area contributed by atoms with E-state index in [2.05, 4.69) is 9.46 Å². The van der Waals surface area contributed by atoms with Gasteiger partial charge in [0.2, 0.25) is 10.0 Å². The second-order valence-electron chi connectivity index (χ2n) is 3.39. The number of hydrogen-bond donors (Lipinski definition) is 1. The van der Waals surface area contributed by atoms with Crippen LogP contribution in [0, 0.1) is 0 Å². The van der Waals surface area contributed by atoms with Crippen molar-refractivity contribution in [1.82, 2.24) is 4.72 Å². The Labute approximate surface area is 96.4 Å². The van der Waals surface area contributed by atoms with Crippen LogP contribution >= 0.6 is 0 Å². The molecule has 0 bridgehead atoms. The number of rotatable bonds is 8. The molecule has 0 aliphatic heterocycles. The van der Waals surface area contributed by atoms with Crippen molar-refractivity contribution in [3.05, 3.63) is 0 Å². The molecule has 0 aliphatic rings. The first-order valence-electron chi connectivity index (χ1n) is 4.98. The summed E-state index contributed by atoms with van der Waals surface area (Å²) >= 11 is 0. The molecule has 7 heteroatoms. The number of nitrogens with one attached hydrogen (secondary N) is 1. The average Bonchev–Trinajstić information content (AvgIpc) is 2.25. The second kappa shape index (κ2) is 7.59. The highest BCUT2D eigenvalue weighted by atomic mass is 32.2. The Kier molecular flexibility index (Phi) is 7.27. The van der Waals surface area contributed by atoms with Gasteiger partial charge >= 0.3 is 5.97 Å². The molecule has 1 unspecified atom stereocenters. The van der Waals surface area contributed by atoms with E-state index < -0.39 is 16.0 Å². The minimum Gasteiger partial charge on any atom is -0.469 e. The SMILES string of the molecule is COC(=O)CCCS(=O)(=O)NCC(C)OC. The van der Waals surface area contributed by atoms with Gasteiger partial charge in [0.25, 0.3) is 0 Å². The molecule has 1 atom stereocenters. The van der Waals surface area contributed by atoms with E-state index in [1.165, 1.54) is 14.2 Å². The van der Waals surface area contributed by atoms with Gasteiger partial charge in [0.05, 0.1) is 19.0 Å². The largest absolute Gasteiger partial charge is 0.469 e. The zero-order valence-electron chi connectivity index (χ0n) is 9.86. The van der Waals surface area contributed by atoms with Crippen molar-refractivity contribution in [2.24, 2.45) is 0 Å². The van der Waals surface area contributed by atoms with Crippen LogP contribution in [-0.2, 0) is 24.3 Å². The maximum atomic E-state index is 11.4. The van der Waals surface area contributed by atoms with Crippen molar-refractivity contribution in [2.45, 2.75) is 25.9 Å². The fourth-order valence-corrected chi connectivity index (χ4v) is 2.07. The number of sulfonamides is 1. The summed E-state index contributed by atoms with van der Waals surface area (Å²) in [6.07, 6.45) is 0.191. The molecule has 0 aromatic carbocycles. The number of carbonyl (C=O) groups is 1. The van der Waals surface area contributed by atoms with Gasteiger partial charge in [-0.15, -0.1) is 0 Å². The van der Waals surface area contributed by atoms with Gasteiger partial charge in [0.1, 0.15) is 0 Å². The Balaban J connectivity index is 3.83. The predicted molar refractivity (Wildman–Crippen MR) is 59.5 cm³/mol. The van der Waals surface area contributed by atoms with Gasteiger partial charge in [-0.05, 0) is 13.3 Å². The monoisotopic (exact) mass is 253 g/mol. The molecule has 0 fully saturated rings. The van der Waals surface area contributed by atoms with Crippen LogP contribution in [0.4, 0.5) is 0 Å². The van der Waals surface area contributed by atoms with Crippen LogP contribution in [0.25, 0.3) is 0 Å². The smallest absolute Gasteiger partial charge is 0.305 e. The minimum atomic E-state index is -3.33. The lowest BCUT2D eigenvalue weighted by atomic mass is 10.3. The first-order chi connectivity index (χ1) is 7.41. The molecule has 0 aromatic rings. The van der Waals surface area contributed by atoms with Crippen molar-refractivity contribution in [3.63, 3.8) is 0 Å². The standard InChI is InChI=1S/C9H19NO5S/c1-8(14-2)7-10-16(12,13)6-4-5-9(11)15-3/h8,10H,4-7H2,1-3H3. The Morgan fingerprint density at radius 3 is 2.50 bits per heavy atom. The molecule has 6 nitrogen and oxygen atoms in total. The van der Waals surface area contributed by atoms with E-state index in [-0.39, 0.29) is 31.2 Å². The minimum absolute atomic E-state index is 0.0848. The summed E-state index contributed by atoms with van der Waals surface area (Å²) in [5, 5.41) is 0. The topological polar surface area (TPSA) is 81.7 Å². The van der Waals surface area contributed by atoms with Crippen LogP contribution in [0.2, 0.25) is 0 Å². The summed E-state index contributed by atoms with van der Waals surface area (Å²) in [5.41, 5.74) is 0. The lowest BCUT2D eigenvalue weighted by molar-refractivity contribution is -0.140. The first-order valence-corrected chi connectivity index (χ1v) is 6.63. The highest BCUT2D eigenvalue weighted by Crippen LogP contribution is 1.97. The van der Waals surface area contributed by atoms with Gasteiger partial charge in [0.15, 0.2) is 0 Å². The zero-order chi connectivity index (χ0) is 12.6. The number of esters is 1. The van der Waals surface area contributed by atoms with E-state index in [1.54, 1.807) is 6.92 Å². The lowest BCUT2D eigenvalue weighted by Crippen LogP contribution is -2.33. The molecule has 96 valence electrons. The molecule has 0 radical (unpaired) electrons. The Morgan fingerprint density at radius 1 is 1.38 bits per heavy atom. The van der Waals surface area contributed by atoms with Crippen LogP contribution in [-0.4, -0.2) is 47.0 Å². The number of methoxy groups -OCH3 is 2. The first kappa shape index (κ1) is 15.3. The molecule has 0 heterocycles. The summed E-state index contributed by atoms with van der Waals surface area (Å²) in [7, 11) is -0.545. The number of hydrogen-bond acceptors (Lipinski definition) is 5. The van der Waals surface area contributed by atoms with E-state index >= 15 is 0 Å². The van der Waals surface area contributed by atoms with Gasteiger partial charge in [-0.1, -0.05) is 0 Å². The van der Waals surface area contributed by atoms with Crippen molar-refractivity contribution in [3.8, 4) is 0 Å². The van der Waals surface area contributed by atoms with E-state index in [4.69, 9.17) is 4.74 Å². The molecule has 0 spiro atoms. The molecular weight excluding hydrogens is 234 g/mol. The quantitative estimate of drug-likeness (QED) is 0.611. The highest BCUT2D eigenvalue weighted by Gasteiger charge is 2.12.